The number of pyridine rings is 1. The molecule has 0 aliphatic rings. The number of carbonyl (C=O) groups is 1. The number of nitrogen functional groups attached to an aromatic ring is 1. The Morgan fingerprint density at radius 1 is 1.05 bits per heavy atom. The second kappa shape index (κ2) is 12.8. The number of fused-ring (bicyclic) bond motifs is 3. The SMILES string of the molecule is CCOCc1nc2c(N)nc3ccccc3c2n1[C@H](C)CO[P@@](=O)(N[C@@H](C)C(=O)OC(C)C)Oc1ccccc1. The zero-order valence-electron chi connectivity index (χ0n) is 23.4. The Morgan fingerprint density at radius 3 is 2.45 bits per heavy atom. The molecule has 0 aliphatic heterocycles. The summed E-state index contributed by atoms with van der Waals surface area (Å²) >= 11 is 0. The number of benzene rings is 2. The molecule has 4 aromatic rings. The molecule has 2 aromatic heterocycles. The molecule has 3 atom stereocenters. The van der Waals surface area contributed by atoms with Crippen LogP contribution in [0.1, 0.15) is 46.5 Å². The van der Waals surface area contributed by atoms with E-state index >= 15 is 0 Å². The van der Waals surface area contributed by atoms with Crippen molar-refractivity contribution in [1.29, 1.82) is 0 Å². The first-order valence-corrected chi connectivity index (χ1v) is 14.8. The molecule has 0 fully saturated rings. The van der Waals surface area contributed by atoms with E-state index in [1.165, 1.54) is 0 Å². The third kappa shape index (κ3) is 6.79. The van der Waals surface area contributed by atoms with Crippen LogP contribution in [0.5, 0.6) is 5.75 Å². The van der Waals surface area contributed by atoms with E-state index in [1.807, 2.05) is 48.7 Å². The van der Waals surface area contributed by atoms with Crippen molar-refractivity contribution in [1.82, 2.24) is 19.6 Å². The number of nitrogens with zero attached hydrogens (tertiary/aromatic N) is 3. The minimum atomic E-state index is -4.06. The summed E-state index contributed by atoms with van der Waals surface area (Å²) in [6.45, 7) is 9.52. The molecular formula is C28H36N5O6P. The number of imidazole rings is 1. The van der Waals surface area contributed by atoms with Gasteiger partial charge in [-0.1, -0.05) is 36.4 Å². The van der Waals surface area contributed by atoms with Gasteiger partial charge in [0.1, 0.15) is 29.7 Å². The number of nitrogens with one attached hydrogen (secondary N) is 1. The fourth-order valence-corrected chi connectivity index (χ4v) is 5.82. The lowest BCUT2D eigenvalue weighted by Gasteiger charge is -2.25. The summed E-state index contributed by atoms with van der Waals surface area (Å²) in [5.74, 6) is 0.678. The van der Waals surface area contributed by atoms with Gasteiger partial charge in [-0.25, -0.2) is 14.5 Å². The highest BCUT2D eigenvalue weighted by Gasteiger charge is 2.34. The molecule has 0 aliphatic carbocycles. The van der Waals surface area contributed by atoms with Crippen molar-refractivity contribution in [3.63, 3.8) is 0 Å². The molecule has 214 valence electrons. The third-order valence-electron chi connectivity index (χ3n) is 6.01. The fraction of sp³-hybridized carbons (Fsp3) is 0.393. The number of nitrogens with two attached hydrogens (primary N) is 1. The van der Waals surface area contributed by atoms with Crippen molar-refractivity contribution in [2.24, 2.45) is 0 Å². The second-order valence-corrected chi connectivity index (χ2v) is 11.3. The van der Waals surface area contributed by atoms with Crippen LogP contribution < -0.4 is 15.3 Å². The smallest absolute Gasteiger partial charge is 0.459 e. The first-order valence-electron chi connectivity index (χ1n) is 13.2. The molecule has 2 heterocycles. The maximum absolute atomic E-state index is 14.0. The molecule has 2 aromatic carbocycles. The monoisotopic (exact) mass is 569 g/mol. The number of carbonyl (C=O) groups excluding carboxylic acids is 1. The predicted octanol–water partition coefficient (Wildman–Crippen LogP) is 5.40. The molecule has 0 spiro atoms. The average molecular weight is 570 g/mol. The van der Waals surface area contributed by atoms with E-state index in [1.54, 1.807) is 45.0 Å². The Balaban J connectivity index is 1.68. The lowest BCUT2D eigenvalue weighted by atomic mass is 10.1. The Labute approximate surface area is 233 Å². The van der Waals surface area contributed by atoms with Gasteiger partial charge in [0.25, 0.3) is 0 Å². The minimum Gasteiger partial charge on any atom is -0.462 e. The van der Waals surface area contributed by atoms with Crippen molar-refractivity contribution in [3.8, 4) is 5.75 Å². The number of para-hydroxylation sites is 2. The van der Waals surface area contributed by atoms with Crippen LogP contribution >= 0.6 is 7.75 Å². The van der Waals surface area contributed by atoms with Gasteiger partial charge in [-0.2, -0.15) is 5.09 Å². The van der Waals surface area contributed by atoms with Gasteiger partial charge in [0, 0.05) is 12.0 Å². The molecular weight excluding hydrogens is 533 g/mol. The summed E-state index contributed by atoms with van der Waals surface area (Å²) in [5, 5.41) is 3.59. The second-order valence-electron chi connectivity index (χ2n) is 9.63. The van der Waals surface area contributed by atoms with Gasteiger partial charge >= 0.3 is 13.7 Å². The highest BCUT2D eigenvalue weighted by atomic mass is 31.2. The van der Waals surface area contributed by atoms with Crippen molar-refractivity contribution in [3.05, 3.63) is 60.4 Å². The van der Waals surface area contributed by atoms with Gasteiger partial charge in [-0.3, -0.25) is 9.32 Å². The van der Waals surface area contributed by atoms with Crippen molar-refractivity contribution >= 4 is 41.5 Å². The van der Waals surface area contributed by atoms with Gasteiger partial charge in [0.15, 0.2) is 5.82 Å². The van der Waals surface area contributed by atoms with Crippen LogP contribution in [-0.2, 0) is 30.0 Å². The third-order valence-corrected chi connectivity index (χ3v) is 7.66. The number of rotatable bonds is 13. The number of aromatic nitrogens is 3. The molecule has 40 heavy (non-hydrogen) atoms. The van der Waals surface area contributed by atoms with Crippen molar-refractivity contribution < 1.29 is 27.9 Å². The number of hydrogen-bond donors (Lipinski definition) is 2. The molecule has 11 nitrogen and oxygen atoms in total. The fourth-order valence-electron chi connectivity index (χ4n) is 4.25. The molecule has 12 heteroatoms. The number of anilines is 1. The van der Waals surface area contributed by atoms with E-state index in [2.05, 4.69) is 10.1 Å². The first-order chi connectivity index (χ1) is 19.1. The van der Waals surface area contributed by atoms with Gasteiger partial charge in [-0.15, -0.1) is 0 Å². The zero-order valence-corrected chi connectivity index (χ0v) is 24.3. The van der Waals surface area contributed by atoms with Crippen LogP contribution in [0.3, 0.4) is 0 Å². The number of ether oxygens (including phenoxy) is 2. The van der Waals surface area contributed by atoms with Gasteiger partial charge in [0.2, 0.25) is 0 Å². The molecule has 0 amide bonds. The lowest BCUT2D eigenvalue weighted by molar-refractivity contribution is -0.149. The van der Waals surface area contributed by atoms with E-state index < -0.39 is 25.8 Å². The molecule has 0 radical (unpaired) electrons. The Morgan fingerprint density at radius 2 is 1.75 bits per heavy atom. The summed E-state index contributed by atoms with van der Waals surface area (Å²) < 4.78 is 38.7. The van der Waals surface area contributed by atoms with E-state index in [4.69, 9.17) is 29.2 Å². The Kier molecular flexibility index (Phi) is 9.42. The molecule has 4 rings (SSSR count). The summed E-state index contributed by atoms with van der Waals surface area (Å²) in [6, 6.07) is 14.9. The van der Waals surface area contributed by atoms with Crippen LogP contribution in [0, 0.1) is 0 Å². The predicted molar refractivity (Wildman–Crippen MR) is 154 cm³/mol. The Hall–Kier alpha value is -3.50. The molecule has 0 bridgehead atoms. The maximum atomic E-state index is 14.0. The standard InChI is InChI=1S/C28H36N5O6P/c1-6-36-17-24-31-25-26(22-14-10-11-15-23(22)30-27(25)29)33(24)19(4)16-37-40(35,39-21-12-8-7-9-13-21)32-20(5)28(34)38-18(2)3/h7-15,18-20H,6,16-17H2,1-5H3,(H2,29,30)(H,32,35)/t19-,20+,40+/m1/s1. The summed E-state index contributed by atoms with van der Waals surface area (Å²) in [5.41, 5.74) is 8.35. The van der Waals surface area contributed by atoms with E-state index in [0.29, 0.717) is 29.5 Å². The minimum absolute atomic E-state index is 0.0514. The average Bonchev–Trinajstić information content (AvgIpc) is 3.31. The van der Waals surface area contributed by atoms with Gasteiger partial charge < -0.3 is 24.3 Å². The summed E-state index contributed by atoms with van der Waals surface area (Å²) in [6.07, 6.45) is -0.331. The van der Waals surface area contributed by atoms with Crippen LogP contribution in [0.4, 0.5) is 5.82 Å². The van der Waals surface area contributed by atoms with Crippen molar-refractivity contribution in [2.45, 2.75) is 59.4 Å². The van der Waals surface area contributed by atoms with Crippen LogP contribution in [0.25, 0.3) is 21.9 Å². The largest absolute Gasteiger partial charge is 0.462 e. The molecule has 0 saturated carbocycles. The van der Waals surface area contributed by atoms with Gasteiger partial charge in [-0.05, 0) is 52.8 Å². The van der Waals surface area contributed by atoms with E-state index in [0.717, 1.165) is 16.4 Å². The lowest BCUT2D eigenvalue weighted by Crippen LogP contribution is -2.36. The van der Waals surface area contributed by atoms with Crippen LogP contribution in [0.2, 0.25) is 0 Å². The number of esters is 1. The first kappa shape index (κ1) is 29.5. The zero-order chi connectivity index (χ0) is 28.9. The number of hydrogen-bond acceptors (Lipinski definition) is 9. The van der Waals surface area contributed by atoms with Gasteiger partial charge in [0.05, 0.1) is 29.8 Å². The summed E-state index contributed by atoms with van der Waals surface area (Å²) in [4.78, 5) is 21.8. The van der Waals surface area contributed by atoms with E-state index in [-0.39, 0.29) is 19.3 Å². The quantitative estimate of drug-likeness (QED) is 0.159. The van der Waals surface area contributed by atoms with Crippen molar-refractivity contribution in [2.75, 3.05) is 18.9 Å². The normalized spacial score (nSPS) is 14.8. The Bertz CT molecular complexity index is 1510. The summed E-state index contributed by atoms with van der Waals surface area (Å²) in [7, 11) is -4.06. The van der Waals surface area contributed by atoms with Crippen LogP contribution in [-0.4, -0.2) is 45.9 Å². The maximum Gasteiger partial charge on any atom is 0.459 e. The topological polar surface area (TPSA) is 140 Å². The van der Waals surface area contributed by atoms with Crippen LogP contribution in [0.15, 0.2) is 54.6 Å². The molecule has 0 unspecified atom stereocenters. The van der Waals surface area contributed by atoms with E-state index in [9.17, 15) is 9.36 Å². The molecule has 3 N–H and O–H groups in total. The highest BCUT2D eigenvalue weighted by Crippen LogP contribution is 2.46. The molecule has 0 saturated heterocycles. The highest BCUT2D eigenvalue weighted by molar-refractivity contribution is 7.52.